The van der Waals surface area contributed by atoms with Crippen LogP contribution in [0.25, 0.3) is 5.69 Å². The molecular formula is C22H21N3O5. The number of rotatable bonds is 7. The van der Waals surface area contributed by atoms with Crippen molar-refractivity contribution in [3.8, 4) is 5.69 Å². The molecule has 0 aliphatic heterocycles. The number of ether oxygens (including phenoxy) is 2. The zero-order valence-corrected chi connectivity index (χ0v) is 16.6. The monoisotopic (exact) mass is 407 g/mol. The van der Waals surface area contributed by atoms with Crippen LogP contribution in [0.4, 0.5) is 0 Å². The average Bonchev–Trinajstić information content (AvgIpc) is 3.21. The Labute approximate surface area is 173 Å². The molecule has 0 radical (unpaired) electrons. The van der Waals surface area contributed by atoms with Gasteiger partial charge in [0.2, 0.25) is 0 Å². The van der Waals surface area contributed by atoms with Crippen molar-refractivity contribution < 1.29 is 23.9 Å². The van der Waals surface area contributed by atoms with Gasteiger partial charge in [0.05, 0.1) is 23.9 Å². The van der Waals surface area contributed by atoms with E-state index in [2.05, 4.69) is 15.2 Å². The van der Waals surface area contributed by atoms with E-state index in [0.717, 1.165) is 16.9 Å². The molecule has 0 unspecified atom stereocenters. The molecule has 1 N–H and O–H groups in total. The Kier molecular flexibility index (Phi) is 6.59. The van der Waals surface area contributed by atoms with Gasteiger partial charge in [-0.15, -0.1) is 0 Å². The molecule has 0 atom stereocenters. The third-order valence-electron chi connectivity index (χ3n) is 4.38. The zero-order chi connectivity index (χ0) is 21.5. The Hall–Kier alpha value is -3.94. The fourth-order valence-corrected chi connectivity index (χ4v) is 2.72. The number of esters is 2. The lowest BCUT2D eigenvalue weighted by atomic mass is 10.1. The van der Waals surface area contributed by atoms with Gasteiger partial charge >= 0.3 is 11.9 Å². The molecule has 0 saturated heterocycles. The van der Waals surface area contributed by atoms with Crippen molar-refractivity contribution >= 4 is 17.8 Å². The van der Waals surface area contributed by atoms with Crippen LogP contribution in [-0.2, 0) is 20.8 Å². The minimum absolute atomic E-state index is 0.246. The second kappa shape index (κ2) is 9.51. The van der Waals surface area contributed by atoms with Crippen molar-refractivity contribution in [2.75, 3.05) is 13.7 Å². The van der Waals surface area contributed by atoms with Gasteiger partial charge in [-0.3, -0.25) is 4.79 Å². The third kappa shape index (κ3) is 5.11. The first-order valence-corrected chi connectivity index (χ1v) is 9.20. The van der Waals surface area contributed by atoms with Gasteiger partial charge < -0.3 is 14.8 Å². The summed E-state index contributed by atoms with van der Waals surface area (Å²) in [6.45, 7) is 1.79. The third-order valence-corrected chi connectivity index (χ3v) is 4.38. The molecule has 1 aromatic heterocycles. The molecule has 1 heterocycles. The van der Waals surface area contributed by atoms with Gasteiger partial charge in [0, 0.05) is 18.4 Å². The number of carbonyl (C=O) groups is 3. The summed E-state index contributed by atoms with van der Waals surface area (Å²) in [4.78, 5) is 35.5. The molecule has 0 aliphatic rings. The summed E-state index contributed by atoms with van der Waals surface area (Å²) in [6, 6.07) is 15.3. The second-order valence-electron chi connectivity index (χ2n) is 6.47. The molecule has 0 aliphatic carbocycles. The summed E-state index contributed by atoms with van der Waals surface area (Å²) in [6.07, 6.45) is 1.70. The molecule has 154 valence electrons. The molecular weight excluding hydrogens is 386 g/mol. The predicted octanol–water partition coefficient (Wildman–Crippen LogP) is 2.44. The second-order valence-corrected chi connectivity index (χ2v) is 6.47. The molecule has 1 amide bonds. The number of nitrogens with zero attached hydrogens (tertiary/aromatic N) is 2. The number of aromatic nitrogens is 2. The van der Waals surface area contributed by atoms with Crippen LogP contribution < -0.4 is 5.32 Å². The van der Waals surface area contributed by atoms with Crippen LogP contribution in [0.1, 0.15) is 32.0 Å². The summed E-state index contributed by atoms with van der Waals surface area (Å²) in [5.41, 5.74) is 3.36. The Balaban J connectivity index is 1.47. The van der Waals surface area contributed by atoms with E-state index in [1.54, 1.807) is 59.4 Å². The lowest BCUT2D eigenvalue weighted by molar-refractivity contribution is -0.124. The van der Waals surface area contributed by atoms with Crippen LogP contribution in [0.15, 0.2) is 60.8 Å². The zero-order valence-electron chi connectivity index (χ0n) is 16.6. The first-order chi connectivity index (χ1) is 14.5. The Morgan fingerprint density at radius 1 is 0.933 bits per heavy atom. The fourth-order valence-electron chi connectivity index (χ4n) is 2.72. The highest BCUT2D eigenvalue weighted by Crippen LogP contribution is 2.12. The van der Waals surface area contributed by atoms with Crippen molar-refractivity contribution in [3.63, 3.8) is 0 Å². The molecule has 2 aromatic carbocycles. The van der Waals surface area contributed by atoms with E-state index in [1.165, 1.54) is 7.11 Å². The summed E-state index contributed by atoms with van der Waals surface area (Å²) < 4.78 is 11.4. The van der Waals surface area contributed by atoms with Gasteiger partial charge in [-0.05, 0) is 55.0 Å². The number of hydrogen-bond donors (Lipinski definition) is 1. The highest BCUT2D eigenvalue weighted by atomic mass is 16.5. The lowest BCUT2D eigenvalue weighted by Gasteiger charge is -2.08. The molecule has 30 heavy (non-hydrogen) atoms. The SMILES string of the molecule is COC(=O)c1ccc(CNC(=O)COC(=O)c2ccc(-n3nccc3C)cc2)cc1. The number of methoxy groups -OCH3 is 1. The Morgan fingerprint density at radius 2 is 1.57 bits per heavy atom. The minimum Gasteiger partial charge on any atom is -0.465 e. The molecule has 3 rings (SSSR count). The molecule has 0 fully saturated rings. The number of hydrogen-bond acceptors (Lipinski definition) is 6. The van der Waals surface area contributed by atoms with Crippen LogP contribution in [0, 0.1) is 6.92 Å². The van der Waals surface area contributed by atoms with Gasteiger partial charge in [0.1, 0.15) is 0 Å². The van der Waals surface area contributed by atoms with Crippen LogP contribution in [0.2, 0.25) is 0 Å². The topological polar surface area (TPSA) is 99.5 Å². The standard InChI is InChI=1S/C22H21N3O5/c1-15-11-12-24-25(15)19-9-7-18(8-10-19)22(28)30-14-20(26)23-13-16-3-5-17(6-4-16)21(27)29-2/h3-12H,13-14H2,1-2H3,(H,23,26). The van der Waals surface area contributed by atoms with Crippen molar-refractivity contribution in [1.82, 2.24) is 15.1 Å². The van der Waals surface area contributed by atoms with Crippen LogP contribution in [-0.4, -0.2) is 41.3 Å². The normalized spacial score (nSPS) is 10.3. The maximum absolute atomic E-state index is 12.1. The maximum atomic E-state index is 12.1. The van der Waals surface area contributed by atoms with Gasteiger partial charge in [-0.25, -0.2) is 14.3 Å². The van der Waals surface area contributed by atoms with E-state index in [4.69, 9.17) is 4.74 Å². The first kappa shape index (κ1) is 20.8. The molecule has 0 bridgehead atoms. The number of benzene rings is 2. The van der Waals surface area contributed by atoms with Crippen molar-refractivity contribution in [3.05, 3.63) is 83.2 Å². The van der Waals surface area contributed by atoms with E-state index >= 15 is 0 Å². The summed E-state index contributed by atoms with van der Waals surface area (Å²) in [5, 5.41) is 6.87. The van der Waals surface area contributed by atoms with Gasteiger partial charge in [-0.2, -0.15) is 5.10 Å². The number of carbonyl (C=O) groups excluding carboxylic acids is 3. The molecule has 8 heteroatoms. The lowest BCUT2D eigenvalue weighted by Crippen LogP contribution is -2.28. The van der Waals surface area contributed by atoms with Gasteiger partial charge in [-0.1, -0.05) is 12.1 Å². The first-order valence-electron chi connectivity index (χ1n) is 9.20. The highest BCUT2D eigenvalue weighted by molar-refractivity contribution is 5.91. The van der Waals surface area contributed by atoms with Gasteiger partial charge in [0.25, 0.3) is 5.91 Å². The largest absolute Gasteiger partial charge is 0.465 e. The molecule has 8 nitrogen and oxygen atoms in total. The molecule has 0 spiro atoms. The van der Waals surface area contributed by atoms with Gasteiger partial charge in [0.15, 0.2) is 6.61 Å². The number of amides is 1. The summed E-state index contributed by atoms with van der Waals surface area (Å²) in [5.74, 6) is -1.44. The highest BCUT2D eigenvalue weighted by Gasteiger charge is 2.11. The Morgan fingerprint density at radius 3 is 2.17 bits per heavy atom. The van der Waals surface area contributed by atoms with E-state index in [0.29, 0.717) is 11.1 Å². The Bertz CT molecular complexity index is 1040. The van der Waals surface area contributed by atoms with Crippen molar-refractivity contribution in [2.45, 2.75) is 13.5 Å². The van der Waals surface area contributed by atoms with Crippen molar-refractivity contribution in [1.29, 1.82) is 0 Å². The van der Waals surface area contributed by atoms with E-state index in [1.807, 2.05) is 13.0 Å². The fraction of sp³-hybridized carbons (Fsp3) is 0.182. The quantitative estimate of drug-likeness (QED) is 0.604. The van der Waals surface area contributed by atoms with Crippen LogP contribution in [0.5, 0.6) is 0 Å². The van der Waals surface area contributed by atoms with E-state index in [-0.39, 0.29) is 13.2 Å². The number of nitrogens with one attached hydrogen (secondary N) is 1. The van der Waals surface area contributed by atoms with E-state index in [9.17, 15) is 14.4 Å². The smallest absolute Gasteiger partial charge is 0.338 e. The molecule has 0 saturated carbocycles. The minimum atomic E-state index is -0.587. The predicted molar refractivity (Wildman–Crippen MR) is 108 cm³/mol. The summed E-state index contributed by atoms with van der Waals surface area (Å²) in [7, 11) is 1.31. The van der Waals surface area contributed by atoms with Crippen molar-refractivity contribution in [2.24, 2.45) is 0 Å². The average molecular weight is 407 g/mol. The number of aryl methyl sites for hydroxylation is 1. The summed E-state index contributed by atoms with van der Waals surface area (Å²) >= 11 is 0. The van der Waals surface area contributed by atoms with E-state index < -0.39 is 17.8 Å². The van der Waals surface area contributed by atoms with Crippen LogP contribution >= 0.6 is 0 Å². The van der Waals surface area contributed by atoms with Crippen LogP contribution in [0.3, 0.4) is 0 Å². The maximum Gasteiger partial charge on any atom is 0.338 e. The molecule has 3 aromatic rings.